The lowest BCUT2D eigenvalue weighted by molar-refractivity contribution is 0.490. The van der Waals surface area contributed by atoms with Crippen molar-refractivity contribution in [2.24, 2.45) is 0 Å². The topological polar surface area (TPSA) is 6.48 Å². The molecular weight excluding hydrogens is 797 g/mol. The Morgan fingerprint density at radius 2 is 0.697 bits per heavy atom. The molecule has 0 aromatic heterocycles. The van der Waals surface area contributed by atoms with Gasteiger partial charge < -0.3 is 9.80 Å². The van der Waals surface area contributed by atoms with Gasteiger partial charge in [-0.25, -0.2) is 0 Å². The van der Waals surface area contributed by atoms with Crippen LogP contribution in [0.2, 0.25) is 0 Å². The fraction of sp³-hybridized carbons (Fsp3) is 0.188. The minimum absolute atomic E-state index is 0.00497. The van der Waals surface area contributed by atoms with Gasteiger partial charge >= 0.3 is 0 Å². The summed E-state index contributed by atoms with van der Waals surface area (Å²) in [5.74, 6) is 0. The second kappa shape index (κ2) is 16.4. The molecule has 9 aromatic rings. The highest BCUT2D eigenvalue weighted by Crippen LogP contribution is 2.56. The summed E-state index contributed by atoms with van der Waals surface area (Å²) < 4.78 is 0. The summed E-state index contributed by atoms with van der Waals surface area (Å²) in [4.78, 5) is 4.92. The highest BCUT2D eigenvalue weighted by Gasteiger charge is 2.42. The first-order valence-corrected chi connectivity index (χ1v) is 24.2. The van der Waals surface area contributed by atoms with Gasteiger partial charge in [0, 0.05) is 44.7 Å². The van der Waals surface area contributed by atoms with Crippen molar-refractivity contribution in [3.8, 4) is 33.4 Å². The van der Waals surface area contributed by atoms with Crippen LogP contribution in [0.25, 0.3) is 44.2 Å². The molecule has 2 aliphatic carbocycles. The van der Waals surface area contributed by atoms with E-state index in [0.29, 0.717) is 0 Å². The van der Waals surface area contributed by atoms with E-state index < -0.39 is 0 Å². The lowest BCUT2D eigenvalue weighted by Crippen LogP contribution is -2.23. The maximum Gasteiger partial charge on any atom is 0.0540 e. The van der Waals surface area contributed by atoms with Gasteiger partial charge in [0.1, 0.15) is 0 Å². The minimum atomic E-state index is -0.0179. The van der Waals surface area contributed by atoms with Crippen molar-refractivity contribution < 1.29 is 0 Å². The van der Waals surface area contributed by atoms with Crippen LogP contribution in [0.3, 0.4) is 0 Å². The van der Waals surface area contributed by atoms with Gasteiger partial charge in [0.25, 0.3) is 0 Å². The van der Waals surface area contributed by atoms with Crippen molar-refractivity contribution in [1.82, 2.24) is 0 Å². The molecule has 0 spiro atoms. The van der Waals surface area contributed by atoms with Gasteiger partial charge in [-0.15, -0.1) is 0 Å². The van der Waals surface area contributed by atoms with Crippen molar-refractivity contribution in [1.29, 1.82) is 0 Å². The lowest BCUT2D eigenvalue weighted by atomic mass is 9.74. The molecule has 9 aromatic carbocycles. The number of nitrogens with zero attached hydrogens (tertiary/aromatic N) is 2. The van der Waals surface area contributed by atoms with Crippen LogP contribution in [0.4, 0.5) is 34.1 Å². The molecule has 66 heavy (non-hydrogen) atoms. The molecule has 0 saturated heterocycles. The van der Waals surface area contributed by atoms with E-state index in [-0.39, 0.29) is 10.8 Å². The summed E-state index contributed by atoms with van der Waals surface area (Å²) >= 11 is 0. The second-order valence-electron chi connectivity index (χ2n) is 18.7. The zero-order valence-electron chi connectivity index (χ0n) is 39.2. The molecule has 0 radical (unpaired) electrons. The average Bonchev–Trinajstić information content (AvgIpc) is 3.82. The number of aryl methyl sites for hydroxylation is 2. The van der Waals surface area contributed by atoms with Crippen LogP contribution >= 0.6 is 0 Å². The van der Waals surface area contributed by atoms with Crippen molar-refractivity contribution in [3.63, 3.8) is 0 Å². The van der Waals surface area contributed by atoms with Crippen LogP contribution < -0.4 is 9.80 Å². The normalized spacial score (nSPS) is 13.8. The van der Waals surface area contributed by atoms with Crippen LogP contribution in [0.1, 0.15) is 86.8 Å². The molecule has 0 fully saturated rings. The predicted molar refractivity (Wildman–Crippen MR) is 282 cm³/mol. The maximum atomic E-state index is 2.49. The van der Waals surface area contributed by atoms with E-state index in [1.165, 1.54) is 94.6 Å². The van der Waals surface area contributed by atoms with E-state index in [9.17, 15) is 0 Å². The Morgan fingerprint density at radius 1 is 0.318 bits per heavy atom. The Kier molecular flexibility index (Phi) is 10.3. The molecule has 0 atom stereocenters. The fourth-order valence-electron chi connectivity index (χ4n) is 12.0. The first-order valence-electron chi connectivity index (χ1n) is 24.2. The summed E-state index contributed by atoms with van der Waals surface area (Å²) in [5, 5.41) is 2.45. The van der Waals surface area contributed by atoms with Crippen LogP contribution in [0.15, 0.2) is 194 Å². The molecule has 11 rings (SSSR count). The van der Waals surface area contributed by atoms with Crippen molar-refractivity contribution >= 4 is 44.9 Å². The van der Waals surface area contributed by atoms with Gasteiger partial charge in [-0.1, -0.05) is 166 Å². The van der Waals surface area contributed by atoms with Crippen molar-refractivity contribution in [2.45, 2.75) is 78.1 Å². The summed E-state index contributed by atoms with van der Waals surface area (Å²) in [7, 11) is 0. The lowest BCUT2D eigenvalue weighted by Gasteiger charge is -2.32. The third-order valence-electron chi connectivity index (χ3n) is 15.6. The molecule has 324 valence electrons. The van der Waals surface area contributed by atoms with Crippen molar-refractivity contribution in [3.05, 3.63) is 228 Å². The number of hydrogen-bond acceptors (Lipinski definition) is 2. The van der Waals surface area contributed by atoms with E-state index in [4.69, 9.17) is 0 Å². The van der Waals surface area contributed by atoms with Crippen molar-refractivity contribution in [2.75, 3.05) is 9.80 Å². The molecule has 2 nitrogen and oxygen atoms in total. The molecule has 2 aliphatic rings. The van der Waals surface area contributed by atoms with Crippen LogP contribution in [0, 0.1) is 13.8 Å². The molecule has 0 amide bonds. The van der Waals surface area contributed by atoms with Gasteiger partial charge in [-0.3, -0.25) is 0 Å². The van der Waals surface area contributed by atoms with Gasteiger partial charge in [0.2, 0.25) is 0 Å². The Labute approximate surface area is 391 Å². The zero-order chi connectivity index (χ0) is 45.2. The summed E-state index contributed by atoms with van der Waals surface area (Å²) in [5.41, 5.74) is 23.1. The summed E-state index contributed by atoms with van der Waals surface area (Å²) in [6.07, 6.45) is 4.24. The Hall–Kier alpha value is -7.16. The van der Waals surface area contributed by atoms with Gasteiger partial charge in [0.05, 0.1) is 5.69 Å². The Bertz CT molecular complexity index is 3260. The molecule has 0 heterocycles. The smallest absolute Gasteiger partial charge is 0.0540 e. The number of rotatable bonds is 11. The molecule has 0 bridgehead atoms. The zero-order valence-corrected chi connectivity index (χ0v) is 39.2. The first kappa shape index (κ1) is 41.5. The van der Waals surface area contributed by atoms with Crippen LogP contribution in [-0.4, -0.2) is 0 Å². The minimum Gasteiger partial charge on any atom is -0.310 e. The summed E-state index contributed by atoms with van der Waals surface area (Å²) in [6.45, 7) is 13.7. The molecule has 0 N–H and O–H groups in total. The molecule has 0 aliphatic heterocycles. The number of hydrogen-bond donors (Lipinski definition) is 0. The van der Waals surface area contributed by atoms with E-state index in [1.54, 1.807) is 0 Å². The standard InChI is InChI=1S/C64H58N2/c1-7-63(8-2)58-21-15-13-18-53(58)55-37-35-49(41-60(55)63)65(46-29-23-43(5)24-30-46)47-33-27-45(28-34-47)51-39-40-62(57-20-12-11-17-52(51)57)66(48-31-25-44(6)26-32-48)50-36-38-56-54-19-14-16-22-59(54)64(9-3,10-4)61(56)42-50/h11-42H,7-10H2,1-6H3. The quantitative estimate of drug-likeness (QED) is 0.128. The molecular formula is C64H58N2. The molecule has 0 saturated carbocycles. The highest BCUT2D eigenvalue weighted by atomic mass is 15.1. The maximum absolute atomic E-state index is 2.49. The van der Waals surface area contributed by atoms with Crippen LogP contribution in [-0.2, 0) is 10.8 Å². The van der Waals surface area contributed by atoms with E-state index in [2.05, 4.69) is 245 Å². The monoisotopic (exact) mass is 854 g/mol. The van der Waals surface area contributed by atoms with E-state index in [0.717, 1.165) is 42.7 Å². The number of benzene rings is 9. The predicted octanol–water partition coefficient (Wildman–Crippen LogP) is 18.2. The summed E-state index contributed by atoms with van der Waals surface area (Å²) in [6, 6.07) is 73.4. The van der Waals surface area contributed by atoms with Gasteiger partial charge in [0.15, 0.2) is 0 Å². The Balaban J connectivity index is 1.01. The largest absolute Gasteiger partial charge is 0.310 e. The molecule has 2 heteroatoms. The second-order valence-corrected chi connectivity index (χ2v) is 18.7. The number of anilines is 6. The third kappa shape index (κ3) is 6.37. The van der Waals surface area contributed by atoms with E-state index in [1.807, 2.05) is 0 Å². The van der Waals surface area contributed by atoms with Gasteiger partial charge in [-0.2, -0.15) is 0 Å². The highest BCUT2D eigenvalue weighted by molar-refractivity contribution is 6.06. The van der Waals surface area contributed by atoms with Crippen LogP contribution in [0.5, 0.6) is 0 Å². The Morgan fingerprint density at radius 3 is 1.20 bits per heavy atom. The average molecular weight is 855 g/mol. The SMILES string of the molecule is CCC1(CC)c2ccccc2-c2ccc(N(c3ccc(C)cc3)c3ccc(-c4ccc(N(c5ccc(C)cc5)c5ccc6c(c5)C(CC)(CC)c5ccccc5-6)c5ccccc45)cc3)cc21. The molecule has 0 unspecified atom stereocenters. The number of fused-ring (bicyclic) bond motifs is 7. The fourth-order valence-corrected chi connectivity index (χ4v) is 12.0. The third-order valence-corrected chi connectivity index (χ3v) is 15.6. The van der Waals surface area contributed by atoms with Gasteiger partial charge in [-0.05, 0) is 167 Å². The van der Waals surface area contributed by atoms with E-state index >= 15 is 0 Å². The first-order chi connectivity index (χ1) is 32.3.